The van der Waals surface area contributed by atoms with Crippen molar-refractivity contribution in [2.75, 3.05) is 20.3 Å². The quantitative estimate of drug-likeness (QED) is 0.870. The summed E-state index contributed by atoms with van der Waals surface area (Å²) in [5.74, 6) is 1.53. The van der Waals surface area contributed by atoms with Gasteiger partial charge in [-0.05, 0) is 44.0 Å². The Kier molecular flexibility index (Phi) is 4.61. The standard InChI is InChI=1S/C15H23NO2/c1-4-17-13-7-5-12(6-8-13)14(16-3)15-11(2)9-10-18-15/h5-8,11,14-16H,4,9-10H2,1-3H3. The average molecular weight is 249 g/mol. The van der Waals surface area contributed by atoms with E-state index in [9.17, 15) is 0 Å². The number of ether oxygens (including phenoxy) is 2. The summed E-state index contributed by atoms with van der Waals surface area (Å²) in [7, 11) is 2.00. The normalized spacial score (nSPS) is 25.1. The Morgan fingerprint density at radius 1 is 1.39 bits per heavy atom. The second-order valence-electron chi connectivity index (χ2n) is 4.87. The highest BCUT2D eigenvalue weighted by Crippen LogP contribution is 2.31. The van der Waals surface area contributed by atoms with Gasteiger partial charge in [-0.15, -0.1) is 0 Å². The molecule has 3 heteroatoms. The third-order valence-electron chi connectivity index (χ3n) is 3.63. The molecule has 1 aromatic rings. The zero-order valence-corrected chi connectivity index (χ0v) is 11.5. The van der Waals surface area contributed by atoms with E-state index in [4.69, 9.17) is 9.47 Å². The van der Waals surface area contributed by atoms with E-state index in [0.717, 1.165) is 18.8 Å². The molecule has 0 saturated carbocycles. The van der Waals surface area contributed by atoms with Gasteiger partial charge in [-0.3, -0.25) is 0 Å². The summed E-state index contributed by atoms with van der Waals surface area (Å²) in [4.78, 5) is 0. The van der Waals surface area contributed by atoms with Crippen molar-refractivity contribution < 1.29 is 9.47 Å². The van der Waals surface area contributed by atoms with Gasteiger partial charge in [-0.25, -0.2) is 0 Å². The number of nitrogens with one attached hydrogen (secondary N) is 1. The van der Waals surface area contributed by atoms with E-state index in [-0.39, 0.29) is 12.1 Å². The molecule has 0 amide bonds. The Bertz CT molecular complexity index is 363. The van der Waals surface area contributed by atoms with Gasteiger partial charge in [-0.2, -0.15) is 0 Å². The molecule has 1 fully saturated rings. The predicted molar refractivity (Wildman–Crippen MR) is 72.9 cm³/mol. The Morgan fingerprint density at radius 3 is 2.61 bits per heavy atom. The first-order valence-electron chi connectivity index (χ1n) is 6.78. The molecular weight excluding hydrogens is 226 g/mol. The first kappa shape index (κ1) is 13.4. The summed E-state index contributed by atoms with van der Waals surface area (Å²) >= 11 is 0. The maximum Gasteiger partial charge on any atom is 0.119 e. The van der Waals surface area contributed by atoms with E-state index >= 15 is 0 Å². The lowest BCUT2D eigenvalue weighted by atomic mass is 9.92. The topological polar surface area (TPSA) is 30.5 Å². The summed E-state index contributed by atoms with van der Waals surface area (Å²) < 4.78 is 11.3. The lowest BCUT2D eigenvalue weighted by Crippen LogP contribution is -2.32. The molecule has 1 N–H and O–H groups in total. The Hall–Kier alpha value is -1.06. The molecule has 0 radical (unpaired) electrons. The van der Waals surface area contributed by atoms with Crippen LogP contribution in [0.1, 0.15) is 31.9 Å². The molecule has 2 rings (SSSR count). The number of rotatable bonds is 5. The fourth-order valence-electron chi connectivity index (χ4n) is 2.60. The molecule has 1 heterocycles. The van der Waals surface area contributed by atoms with Crippen LogP contribution in [-0.2, 0) is 4.74 Å². The van der Waals surface area contributed by atoms with E-state index < -0.39 is 0 Å². The Balaban J connectivity index is 2.11. The van der Waals surface area contributed by atoms with Crippen molar-refractivity contribution >= 4 is 0 Å². The molecule has 0 aliphatic carbocycles. The van der Waals surface area contributed by atoms with Crippen molar-refractivity contribution in [1.29, 1.82) is 0 Å². The van der Waals surface area contributed by atoms with Gasteiger partial charge >= 0.3 is 0 Å². The highest BCUT2D eigenvalue weighted by Gasteiger charge is 2.32. The van der Waals surface area contributed by atoms with Crippen LogP contribution in [0.3, 0.4) is 0 Å². The van der Waals surface area contributed by atoms with Crippen molar-refractivity contribution in [3.8, 4) is 5.75 Å². The van der Waals surface area contributed by atoms with E-state index in [0.29, 0.717) is 12.5 Å². The van der Waals surface area contributed by atoms with Crippen LogP contribution in [0.25, 0.3) is 0 Å². The average Bonchev–Trinajstić information content (AvgIpc) is 2.79. The highest BCUT2D eigenvalue weighted by molar-refractivity contribution is 5.30. The van der Waals surface area contributed by atoms with Crippen molar-refractivity contribution in [1.82, 2.24) is 5.32 Å². The molecule has 3 nitrogen and oxygen atoms in total. The molecule has 100 valence electrons. The first-order valence-corrected chi connectivity index (χ1v) is 6.78. The fraction of sp³-hybridized carbons (Fsp3) is 0.600. The minimum atomic E-state index is 0.262. The smallest absolute Gasteiger partial charge is 0.119 e. The van der Waals surface area contributed by atoms with Crippen molar-refractivity contribution in [2.24, 2.45) is 5.92 Å². The molecule has 0 bridgehead atoms. The summed E-state index contributed by atoms with van der Waals surface area (Å²) in [5, 5.41) is 3.38. The van der Waals surface area contributed by atoms with Crippen LogP contribution < -0.4 is 10.1 Å². The lowest BCUT2D eigenvalue weighted by Gasteiger charge is -2.26. The third-order valence-corrected chi connectivity index (χ3v) is 3.63. The first-order chi connectivity index (χ1) is 8.76. The maximum absolute atomic E-state index is 5.86. The van der Waals surface area contributed by atoms with Crippen molar-refractivity contribution in [3.63, 3.8) is 0 Å². The molecule has 0 spiro atoms. The number of hydrogen-bond donors (Lipinski definition) is 1. The highest BCUT2D eigenvalue weighted by atomic mass is 16.5. The van der Waals surface area contributed by atoms with Gasteiger partial charge in [0.1, 0.15) is 5.75 Å². The summed E-state index contributed by atoms with van der Waals surface area (Å²) in [6.45, 7) is 5.84. The molecule has 3 atom stereocenters. The fourth-order valence-corrected chi connectivity index (χ4v) is 2.60. The molecule has 0 aromatic heterocycles. The van der Waals surface area contributed by atoms with Crippen LogP contribution in [0.5, 0.6) is 5.75 Å². The van der Waals surface area contributed by atoms with Crippen LogP contribution in [0.15, 0.2) is 24.3 Å². The van der Waals surface area contributed by atoms with Gasteiger partial charge in [0, 0.05) is 6.61 Å². The number of benzene rings is 1. The van der Waals surface area contributed by atoms with Gasteiger partial charge in [0.2, 0.25) is 0 Å². The van der Waals surface area contributed by atoms with E-state index in [1.54, 1.807) is 0 Å². The zero-order valence-electron chi connectivity index (χ0n) is 11.5. The molecule has 1 saturated heterocycles. The SMILES string of the molecule is CCOc1ccc(C(NC)C2OCCC2C)cc1. The van der Waals surface area contributed by atoms with Crippen LogP contribution in [0.4, 0.5) is 0 Å². The van der Waals surface area contributed by atoms with Gasteiger partial charge in [0.15, 0.2) is 0 Å². The molecule has 1 aromatic carbocycles. The monoisotopic (exact) mass is 249 g/mol. The molecule has 1 aliphatic rings. The second-order valence-corrected chi connectivity index (χ2v) is 4.87. The van der Waals surface area contributed by atoms with Gasteiger partial charge in [0.05, 0.1) is 18.8 Å². The third kappa shape index (κ3) is 2.85. The maximum atomic E-state index is 5.86. The number of hydrogen-bond acceptors (Lipinski definition) is 3. The largest absolute Gasteiger partial charge is 0.494 e. The van der Waals surface area contributed by atoms with Gasteiger partial charge in [-0.1, -0.05) is 19.1 Å². The zero-order chi connectivity index (χ0) is 13.0. The number of likely N-dealkylation sites (N-methyl/N-ethyl adjacent to an activating group) is 1. The van der Waals surface area contributed by atoms with Crippen LogP contribution in [-0.4, -0.2) is 26.4 Å². The Morgan fingerprint density at radius 2 is 2.11 bits per heavy atom. The molecule has 18 heavy (non-hydrogen) atoms. The van der Waals surface area contributed by atoms with Crippen LogP contribution in [0, 0.1) is 5.92 Å². The Labute approximate surface area is 109 Å². The van der Waals surface area contributed by atoms with E-state index in [1.165, 1.54) is 5.56 Å². The van der Waals surface area contributed by atoms with Gasteiger partial charge < -0.3 is 14.8 Å². The molecular formula is C15H23NO2. The second kappa shape index (κ2) is 6.21. The summed E-state index contributed by atoms with van der Waals surface area (Å²) in [5.41, 5.74) is 1.26. The molecule has 1 aliphatic heterocycles. The van der Waals surface area contributed by atoms with E-state index in [1.807, 2.05) is 26.1 Å². The van der Waals surface area contributed by atoms with Crippen molar-refractivity contribution in [2.45, 2.75) is 32.4 Å². The van der Waals surface area contributed by atoms with Gasteiger partial charge in [0.25, 0.3) is 0 Å². The van der Waals surface area contributed by atoms with Crippen LogP contribution >= 0.6 is 0 Å². The summed E-state index contributed by atoms with van der Waals surface area (Å²) in [6, 6.07) is 8.57. The van der Waals surface area contributed by atoms with Crippen molar-refractivity contribution in [3.05, 3.63) is 29.8 Å². The lowest BCUT2D eigenvalue weighted by molar-refractivity contribution is 0.0631. The minimum absolute atomic E-state index is 0.262. The van der Waals surface area contributed by atoms with Crippen LogP contribution in [0.2, 0.25) is 0 Å². The molecule has 3 unspecified atom stereocenters. The van der Waals surface area contributed by atoms with E-state index in [2.05, 4.69) is 24.4 Å². The summed E-state index contributed by atoms with van der Waals surface area (Å²) in [6.07, 6.45) is 1.42. The minimum Gasteiger partial charge on any atom is -0.494 e. The predicted octanol–water partition coefficient (Wildman–Crippen LogP) is 2.77.